The van der Waals surface area contributed by atoms with Gasteiger partial charge in [0.1, 0.15) is 10.8 Å². The SMILES string of the molecule is CCOc1ccc(C(=O)C(C)OC(=O)c2ccc(Cl)c([N+](=O)[O-])c2)cc1. The molecule has 136 valence electrons. The van der Waals surface area contributed by atoms with Gasteiger partial charge in [0.25, 0.3) is 5.69 Å². The molecule has 0 saturated heterocycles. The second-order valence-electron chi connectivity index (χ2n) is 5.29. The highest BCUT2D eigenvalue weighted by atomic mass is 35.5. The Morgan fingerprint density at radius 1 is 1.15 bits per heavy atom. The van der Waals surface area contributed by atoms with Crippen molar-refractivity contribution in [2.75, 3.05) is 6.61 Å². The summed E-state index contributed by atoms with van der Waals surface area (Å²) in [6.45, 7) is 3.79. The number of carbonyl (C=O) groups excluding carboxylic acids is 2. The molecule has 0 N–H and O–H groups in total. The molecule has 26 heavy (non-hydrogen) atoms. The highest BCUT2D eigenvalue weighted by molar-refractivity contribution is 6.32. The Morgan fingerprint density at radius 2 is 1.77 bits per heavy atom. The molecule has 0 fully saturated rings. The Labute approximate surface area is 154 Å². The molecule has 7 nitrogen and oxygen atoms in total. The van der Waals surface area contributed by atoms with Crippen LogP contribution < -0.4 is 4.74 Å². The fraction of sp³-hybridized carbons (Fsp3) is 0.222. The van der Waals surface area contributed by atoms with Crippen LogP contribution in [-0.2, 0) is 4.74 Å². The molecule has 0 bridgehead atoms. The number of nitro groups is 1. The van der Waals surface area contributed by atoms with Crippen molar-refractivity contribution in [2.45, 2.75) is 20.0 Å². The Kier molecular flexibility index (Phi) is 6.30. The van der Waals surface area contributed by atoms with Gasteiger partial charge in [0.15, 0.2) is 6.10 Å². The normalized spacial score (nSPS) is 11.5. The van der Waals surface area contributed by atoms with E-state index >= 15 is 0 Å². The molecule has 0 spiro atoms. The van der Waals surface area contributed by atoms with Crippen molar-refractivity contribution in [1.29, 1.82) is 0 Å². The number of halogens is 1. The van der Waals surface area contributed by atoms with E-state index in [1.165, 1.54) is 19.1 Å². The quantitative estimate of drug-likeness (QED) is 0.312. The van der Waals surface area contributed by atoms with E-state index in [-0.39, 0.29) is 10.6 Å². The van der Waals surface area contributed by atoms with Gasteiger partial charge in [0.05, 0.1) is 17.1 Å². The minimum Gasteiger partial charge on any atom is -0.494 e. The van der Waals surface area contributed by atoms with Crippen molar-refractivity contribution < 1.29 is 24.0 Å². The molecular formula is C18H16ClNO6. The lowest BCUT2D eigenvalue weighted by atomic mass is 10.1. The zero-order valence-electron chi connectivity index (χ0n) is 14.1. The third kappa shape index (κ3) is 4.58. The van der Waals surface area contributed by atoms with E-state index in [9.17, 15) is 19.7 Å². The number of rotatable bonds is 7. The van der Waals surface area contributed by atoms with Crippen LogP contribution in [0.15, 0.2) is 42.5 Å². The van der Waals surface area contributed by atoms with Crippen LogP contribution in [0.1, 0.15) is 34.6 Å². The molecule has 2 aromatic carbocycles. The van der Waals surface area contributed by atoms with Crippen LogP contribution >= 0.6 is 11.6 Å². The molecule has 0 amide bonds. The standard InChI is InChI=1S/C18H16ClNO6/c1-3-25-14-7-4-12(5-8-14)17(21)11(2)26-18(22)13-6-9-15(19)16(10-13)20(23)24/h4-11H,3H2,1-2H3. The fourth-order valence-corrected chi connectivity index (χ4v) is 2.37. The Bertz CT molecular complexity index is 834. The third-order valence-corrected chi connectivity index (χ3v) is 3.80. The van der Waals surface area contributed by atoms with Gasteiger partial charge in [-0.1, -0.05) is 11.6 Å². The van der Waals surface area contributed by atoms with Crippen LogP contribution in [-0.4, -0.2) is 29.4 Å². The lowest BCUT2D eigenvalue weighted by Gasteiger charge is -2.13. The minimum absolute atomic E-state index is 0.0626. The first kappa shape index (κ1) is 19.4. The number of nitrogens with zero attached hydrogens (tertiary/aromatic N) is 1. The summed E-state index contributed by atoms with van der Waals surface area (Å²) in [5, 5.41) is 10.8. The second kappa shape index (κ2) is 8.44. The number of ether oxygens (including phenoxy) is 2. The largest absolute Gasteiger partial charge is 0.494 e. The van der Waals surface area contributed by atoms with E-state index in [2.05, 4.69) is 0 Å². The zero-order valence-corrected chi connectivity index (χ0v) is 14.9. The predicted octanol–water partition coefficient (Wildman–Crippen LogP) is 4.08. The van der Waals surface area contributed by atoms with Gasteiger partial charge in [-0.2, -0.15) is 0 Å². The van der Waals surface area contributed by atoms with Crippen molar-refractivity contribution in [3.63, 3.8) is 0 Å². The monoisotopic (exact) mass is 377 g/mol. The molecule has 1 atom stereocenters. The van der Waals surface area contributed by atoms with Crippen LogP contribution in [0, 0.1) is 10.1 Å². The Morgan fingerprint density at radius 3 is 2.35 bits per heavy atom. The van der Waals surface area contributed by atoms with Gasteiger partial charge >= 0.3 is 5.97 Å². The third-order valence-electron chi connectivity index (χ3n) is 3.48. The number of nitro benzene ring substituents is 1. The van der Waals surface area contributed by atoms with Crippen LogP contribution in [0.2, 0.25) is 5.02 Å². The van der Waals surface area contributed by atoms with Crippen LogP contribution in [0.5, 0.6) is 5.75 Å². The van der Waals surface area contributed by atoms with E-state index in [0.717, 1.165) is 6.07 Å². The van der Waals surface area contributed by atoms with Crippen molar-refractivity contribution in [3.05, 3.63) is 68.7 Å². The van der Waals surface area contributed by atoms with E-state index < -0.39 is 28.5 Å². The lowest BCUT2D eigenvalue weighted by Crippen LogP contribution is -2.24. The van der Waals surface area contributed by atoms with Gasteiger partial charge in [-0.25, -0.2) is 4.79 Å². The molecule has 0 aromatic heterocycles. The average molecular weight is 378 g/mol. The smallest absolute Gasteiger partial charge is 0.339 e. The first-order valence-electron chi connectivity index (χ1n) is 7.75. The first-order valence-corrected chi connectivity index (χ1v) is 8.13. The summed E-state index contributed by atoms with van der Waals surface area (Å²) in [4.78, 5) is 34.7. The maximum Gasteiger partial charge on any atom is 0.339 e. The van der Waals surface area contributed by atoms with Gasteiger partial charge in [0, 0.05) is 11.6 Å². The molecule has 1 unspecified atom stereocenters. The molecule has 0 aliphatic heterocycles. The predicted molar refractivity (Wildman–Crippen MR) is 94.9 cm³/mol. The number of hydrogen-bond acceptors (Lipinski definition) is 6. The summed E-state index contributed by atoms with van der Waals surface area (Å²) >= 11 is 5.71. The number of benzene rings is 2. The van der Waals surface area contributed by atoms with Crippen molar-refractivity contribution in [2.24, 2.45) is 0 Å². The van der Waals surface area contributed by atoms with Gasteiger partial charge < -0.3 is 9.47 Å². The average Bonchev–Trinajstić information content (AvgIpc) is 2.62. The molecule has 2 aromatic rings. The molecule has 0 radical (unpaired) electrons. The Balaban J connectivity index is 2.09. The molecule has 8 heteroatoms. The minimum atomic E-state index is -1.06. The number of Topliss-reactive ketones (excluding diaryl/α,β-unsaturated/α-hetero) is 1. The fourth-order valence-electron chi connectivity index (χ4n) is 2.18. The van der Waals surface area contributed by atoms with Crippen molar-refractivity contribution in [3.8, 4) is 5.75 Å². The number of carbonyl (C=O) groups is 2. The van der Waals surface area contributed by atoms with E-state index in [4.69, 9.17) is 21.1 Å². The zero-order chi connectivity index (χ0) is 19.3. The maximum atomic E-state index is 12.4. The number of ketones is 1. The Hall–Kier alpha value is -2.93. The molecule has 0 aliphatic rings. The molecular weight excluding hydrogens is 362 g/mol. The number of hydrogen-bond donors (Lipinski definition) is 0. The summed E-state index contributed by atoms with van der Waals surface area (Å²) in [7, 11) is 0. The van der Waals surface area contributed by atoms with E-state index in [1.807, 2.05) is 6.92 Å². The van der Waals surface area contributed by atoms with Gasteiger partial charge in [-0.3, -0.25) is 14.9 Å². The maximum absolute atomic E-state index is 12.4. The topological polar surface area (TPSA) is 95.7 Å². The summed E-state index contributed by atoms with van der Waals surface area (Å²) in [5.41, 5.74) is -0.116. The van der Waals surface area contributed by atoms with Gasteiger partial charge in [-0.05, 0) is 50.2 Å². The van der Waals surface area contributed by atoms with Crippen LogP contribution in [0.25, 0.3) is 0 Å². The second-order valence-corrected chi connectivity index (χ2v) is 5.70. The number of esters is 1. The molecule has 0 aliphatic carbocycles. The van der Waals surface area contributed by atoms with Crippen molar-refractivity contribution in [1.82, 2.24) is 0 Å². The first-order chi connectivity index (χ1) is 12.3. The van der Waals surface area contributed by atoms with Gasteiger partial charge in [-0.15, -0.1) is 0 Å². The van der Waals surface area contributed by atoms with E-state index in [1.54, 1.807) is 24.3 Å². The summed E-state index contributed by atoms with van der Waals surface area (Å²) in [6, 6.07) is 9.98. The summed E-state index contributed by atoms with van der Waals surface area (Å²) in [5.74, 6) is -0.622. The highest BCUT2D eigenvalue weighted by Crippen LogP contribution is 2.25. The highest BCUT2D eigenvalue weighted by Gasteiger charge is 2.22. The summed E-state index contributed by atoms with van der Waals surface area (Å²) in [6.07, 6.45) is -1.06. The molecule has 0 saturated carbocycles. The van der Waals surface area contributed by atoms with Crippen LogP contribution in [0.4, 0.5) is 5.69 Å². The lowest BCUT2D eigenvalue weighted by molar-refractivity contribution is -0.384. The van der Waals surface area contributed by atoms with Crippen LogP contribution in [0.3, 0.4) is 0 Å². The van der Waals surface area contributed by atoms with Crippen molar-refractivity contribution >= 4 is 29.0 Å². The molecule has 2 rings (SSSR count). The van der Waals surface area contributed by atoms with E-state index in [0.29, 0.717) is 17.9 Å². The van der Waals surface area contributed by atoms with Gasteiger partial charge in [0.2, 0.25) is 5.78 Å². The molecule has 0 heterocycles. The summed E-state index contributed by atoms with van der Waals surface area (Å²) < 4.78 is 10.4.